The van der Waals surface area contributed by atoms with Crippen molar-refractivity contribution >= 4 is 17.7 Å². The van der Waals surface area contributed by atoms with Crippen LogP contribution in [0.25, 0.3) is 0 Å². The molecule has 4 rings (SSSR count). The van der Waals surface area contributed by atoms with Gasteiger partial charge in [-0.15, -0.1) is 0 Å². The van der Waals surface area contributed by atoms with E-state index < -0.39 is 0 Å². The minimum atomic E-state index is -0.301. The monoisotopic (exact) mass is 494 g/mol. The molecule has 2 aliphatic rings. The second-order valence-corrected chi connectivity index (χ2v) is 8.94. The van der Waals surface area contributed by atoms with Gasteiger partial charge >= 0.3 is 6.09 Å². The van der Waals surface area contributed by atoms with E-state index in [0.29, 0.717) is 50.7 Å². The van der Waals surface area contributed by atoms with Crippen LogP contribution in [0.1, 0.15) is 36.1 Å². The topological polar surface area (TPSA) is 83.9 Å². The van der Waals surface area contributed by atoms with Crippen molar-refractivity contribution in [3.8, 4) is 11.5 Å². The fourth-order valence-electron chi connectivity index (χ4n) is 4.56. The molecule has 0 N–H and O–H groups in total. The number of methoxy groups -OCH3 is 2. The van der Waals surface area contributed by atoms with Crippen LogP contribution in [0.4, 0.5) is 4.79 Å². The third-order valence-corrected chi connectivity index (χ3v) is 6.60. The number of hydrogen-bond acceptors (Lipinski definition) is 7. The lowest BCUT2D eigenvalue weighted by Gasteiger charge is -2.34. The molecule has 9 heteroatoms. The summed E-state index contributed by atoms with van der Waals surface area (Å²) in [6.07, 6.45) is 0.277. The van der Waals surface area contributed by atoms with Crippen molar-refractivity contribution in [1.29, 1.82) is 0 Å². The van der Waals surface area contributed by atoms with E-state index in [9.17, 15) is 9.59 Å². The largest absolute Gasteiger partial charge is 0.497 e. The summed E-state index contributed by atoms with van der Waals surface area (Å²) in [6.45, 7) is 6.70. The summed E-state index contributed by atoms with van der Waals surface area (Å²) in [6, 6.07) is 13.6. The maximum absolute atomic E-state index is 13.5. The Hall–Kier alpha value is -3.59. The Bertz CT molecular complexity index is 1110. The fraction of sp³-hybridized carbons (Fsp3) is 0.444. The summed E-state index contributed by atoms with van der Waals surface area (Å²) >= 11 is 0. The molecule has 2 aromatic rings. The number of amides is 2. The SMILES string of the molecule is CCOC(=O)N1CCN(CC(=O)N2N=C(c3ccc(OC)cc3OC)CC2c2ccc(C)cc2)CC1. The number of ether oxygens (including phenoxy) is 3. The highest BCUT2D eigenvalue weighted by atomic mass is 16.6. The van der Waals surface area contributed by atoms with E-state index in [2.05, 4.69) is 29.2 Å². The molecule has 1 atom stereocenters. The van der Waals surface area contributed by atoms with Gasteiger partial charge in [0.1, 0.15) is 11.5 Å². The molecule has 192 valence electrons. The number of carbonyl (C=O) groups is 2. The molecule has 0 aliphatic carbocycles. The maximum atomic E-state index is 13.5. The zero-order valence-corrected chi connectivity index (χ0v) is 21.4. The van der Waals surface area contributed by atoms with E-state index in [1.165, 1.54) is 0 Å². The van der Waals surface area contributed by atoms with Crippen molar-refractivity contribution in [1.82, 2.24) is 14.8 Å². The van der Waals surface area contributed by atoms with Crippen molar-refractivity contribution in [3.63, 3.8) is 0 Å². The molecule has 0 aromatic heterocycles. The van der Waals surface area contributed by atoms with Crippen LogP contribution in [0.2, 0.25) is 0 Å². The van der Waals surface area contributed by atoms with E-state index in [-0.39, 0.29) is 24.6 Å². The molecule has 0 bridgehead atoms. The average Bonchev–Trinajstić information content (AvgIpc) is 3.34. The summed E-state index contributed by atoms with van der Waals surface area (Å²) in [5.41, 5.74) is 3.83. The van der Waals surface area contributed by atoms with Crippen molar-refractivity contribution in [2.24, 2.45) is 5.10 Å². The molecule has 1 saturated heterocycles. The van der Waals surface area contributed by atoms with Gasteiger partial charge in [0, 0.05) is 44.2 Å². The predicted octanol–water partition coefficient (Wildman–Crippen LogP) is 3.46. The van der Waals surface area contributed by atoms with Crippen molar-refractivity contribution in [2.45, 2.75) is 26.3 Å². The van der Waals surface area contributed by atoms with Crippen LogP contribution in [-0.2, 0) is 9.53 Å². The Morgan fingerprint density at radius 1 is 1.00 bits per heavy atom. The molecule has 1 unspecified atom stereocenters. The number of hydrazone groups is 1. The maximum Gasteiger partial charge on any atom is 0.409 e. The average molecular weight is 495 g/mol. The van der Waals surface area contributed by atoms with Crippen LogP contribution in [0.15, 0.2) is 47.6 Å². The highest BCUT2D eigenvalue weighted by molar-refractivity contribution is 6.05. The van der Waals surface area contributed by atoms with Gasteiger partial charge in [-0.1, -0.05) is 29.8 Å². The first-order valence-electron chi connectivity index (χ1n) is 12.3. The summed E-state index contributed by atoms with van der Waals surface area (Å²) in [5.74, 6) is 1.27. The van der Waals surface area contributed by atoms with Gasteiger partial charge in [-0.05, 0) is 31.5 Å². The lowest BCUT2D eigenvalue weighted by atomic mass is 9.97. The first-order valence-corrected chi connectivity index (χ1v) is 12.3. The van der Waals surface area contributed by atoms with E-state index in [4.69, 9.17) is 19.3 Å². The lowest BCUT2D eigenvalue weighted by molar-refractivity contribution is -0.134. The zero-order valence-electron chi connectivity index (χ0n) is 21.4. The van der Waals surface area contributed by atoms with E-state index >= 15 is 0 Å². The molecular weight excluding hydrogens is 460 g/mol. The minimum Gasteiger partial charge on any atom is -0.497 e. The Morgan fingerprint density at radius 2 is 1.72 bits per heavy atom. The molecule has 1 fully saturated rings. The molecule has 2 amide bonds. The number of nitrogens with zero attached hydrogens (tertiary/aromatic N) is 4. The quantitative estimate of drug-likeness (QED) is 0.586. The third-order valence-electron chi connectivity index (χ3n) is 6.60. The molecule has 2 aliphatic heterocycles. The van der Waals surface area contributed by atoms with Gasteiger partial charge in [-0.3, -0.25) is 9.69 Å². The van der Waals surface area contributed by atoms with Crippen LogP contribution < -0.4 is 9.47 Å². The van der Waals surface area contributed by atoms with E-state index in [1.807, 2.05) is 25.1 Å². The Kier molecular flexibility index (Phi) is 8.10. The number of aryl methyl sites for hydroxylation is 1. The molecular formula is C27H34N4O5. The predicted molar refractivity (Wildman–Crippen MR) is 137 cm³/mol. The molecule has 2 aromatic carbocycles. The Morgan fingerprint density at radius 3 is 2.36 bits per heavy atom. The van der Waals surface area contributed by atoms with Gasteiger partial charge in [0.2, 0.25) is 0 Å². The van der Waals surface area contributed by atoms with E-state index in [0.717, 1.165) is 22.4 Å². The standard InChI is InChI=1S/C27H34N4O5/c1-5-36-27(33)30-14-12-29(13-15-30)18-26(32)31-24(20-8-6-19(2)7-9-20)17-23(28-31)22-11-10-21(34-3)16-25(22)35-4/h6-11,16,24H,5,12-15,17-18H2,1-4H3. The number of hydrogen-bond donors (Lipinski definition) is 0. The zero-order chi connectivity index (χ0) is 25.7. The lowest BCUT2D eigenvalue weighted by Crippen LogP contribution is -2.51. The molecule has 9 nitrogen and oxygen atoms in total. The van der Waals surface area contributed by atoms with Gasteiger partial charge in [0.25, 0.3) is 5.91 Å². The van der Waals surface area contributed by atoms with Crippen LogP contribution in [0.3, 0.4) is 0 Å². The third kappa shape index (κ3) is 5.62. The summed E-state index contributed by atoms with van der Waals surface area (Å²) in [4.78, 5) is 29.3. The molecule has 36 heavy (non-hydrogen) atoms. The highest BCUT2D eigenvalue weighted by Crippen LogP contribution is 2.36. The summed E-state index contributed by atoms with van der Waals surface area (Å²) < 4.78 is 16.0. The van der Waals surface area contributed by atoms with E-state index in [1.54, 1.807) is 31.1 Å². The van der Waals surface area contributed by atoms with Gasteiger partial charge in [0.15, 0.2) is 0 Å². The first-order chi connectivity index (χ1) is 17.4. The molecule has 0 spiro atoms. The summed E-state index contributed by atoms with van der Waals surface area (Å²) in [5, 5.41) is 6.42. The van der Waals surface area contributed by atoms with Gasteiger partial charge in [0.05, 0.1) is 39.1 Å². The second-order valence-electron chi connectivity index (χ2n) is 8.94. The number of carbonyl (C=O) groups excluding carboxylic acids is 2. The highest BCUT2D eigenvalue weighted by Gasteiger charge is 2.35. The first kappa shape index (κ1) is 25.5. The van der Waals surface area contributed by atoms with Crippen LogP contribution in [0.5, 0.6) is 11.5 Å². The summed E-state index contributed by atoms with van der Waals surface area (Å²) in [7, 11) is 3.23. The van der Waals surface area contributed by atoms with Crippen molar-refractivity contribution in [2.75, 3.05) is 53.6 Å². The van der Waals surface area contributed by atoms with Crippen LogP contribution >= 0.6 is 0 Å². The van der Waals surface area contributed by atoms with Crippen molar-refractivity contribution < 1.29 is 23.8 Å². The fourth-order valence-corrected chi connectivity index (χ4v) is 4.56. The Labute approximate surface area is 212 Å². The molecule has 0 saturated carbocycles. The van der Waals surface area contributed by atoms with Gasteiger partial charge < -0.3 is 19.1 Å². The van der Waals surface area contributed by atoms with Crippen molar-refractivity contribution in [3.05, 3.63) is 59.2 Å². The minimum absolute atomic E-state index is 0.0763. The smallest absolute Gasteiger partial charge is 0.409 e. The van der Waals surface area contributed by atoms with Crippen LogP contribution in [0, 0.1) is 6.92 Å². The normalized spacial score (nSPS) is 18.1. The second kappa shape index (κ2) is 11.4. The number of rotatable bonds is 7. The molecule has 0 radical (unpaired) electrons. The van der Waals surface area contributed by atoms with Crippen LogP contribution in [-0.4, -0.2) is 86.1 Å². The van der Waals surface area contributed by atoms with Gasteiger partial charge in [-0.25, -0.2) is 9.80 Å². The number of piperazine rings is 1. The number of benzene rings is 2. The Balaban J connectivity index is 1.54. The molecule has 2 heterocycles. The van der Waals surface area contributed by atoms with Gasteiger partial charge in [-0.2, -0.15) is 5.10 Å².